The van der Waals surface area contributed by atoms with E-state index in [0.29, 0.717) is 0 Å². The monoisotopic (exact) mass is 1180 g/mol. The van der Waals surface area contributed by atoms with Gasteiger partial charge in [-0.3, -0.25) is 0 Å². The largest absolute Gasteiger partial charge is 0.454 e. The summed E-state index contributed by atoms with van der Waals surface area (Å²) in [5.74, 6) is 0.0407. The number of hydrogen-bond donors (Lipinski definition) is 0. The van der Waals surface area contributed by atoms with E-state index in [-0.39, 0.29) is 50.5 Å². The van der Waals surface area contributed by atoms with E-state index in [2.05, 4.69) is 318 Å². The fraction of sp³-hybridized carbons (Fsp3) is 0.372. The van der Waals surface area contributed by atoms with Crippen molar-refractivity contribution in [1.29, 1.82) is 0 Å². The highest BCUT2D eigenvalue weighted by molar-refractivity contribution is 6.98. The number of fused-ring (bicyclic) bond motifs is 7. The second kappa shape index (κ2) is 21.3. The number of rotatable bonds is 8. The minimum absolute atomic E-state index is 0.00757. The Bertz CT molecular complexity index is 4490. The van der Waals surface area contributed by atoms with Crippen molar-refractivity contribution in [3.8, 4) is 11.1 Å². The maximum absolute atomic E-state index is 7.10. The molecule has 9 aromatic carbocycles. The highest BCUT2D eigenvalue weighted by Crippen LogP contribution is 2.53. The first kappa shape index (κ1) is 61.3. The van der Waals surface area contributed by atoms with E-state index in [1.54, 1.807) is 0 Å². The van der Waals surface area contributed by atoms with E-state index < -0.39 is 0 Å². The molecule has 0 fully saturated rings. The minimum Gasteiger partial charge on any atom is -0.454 e. The molecular formula is C86H97BN2O. The molecule has 2 aliphatic carbocycles. The van der Waals surface area contributed by atoms with Crippen LogP contribution < -0.4 is 26.2 Å². The quantitative estimate of drug-likeness (QED) is 0.141. The number of aryl methyl sites for hydroxylation is 2. The molecule has 3 nitrogen and oxygen atoms in total. The average Bonchev–Trinajstić information content (AvgIpc) is 0.734. The van der Waals surface area contributed by atoms with Crippen molar-refractivity contribution < 1.29 is 4.42 Å². The fourth-order valence-electron chi connectivity index (χ4n) is 15.9. The molecular weight excluding hydrogens is 1090 g/mol. The molecule has 10 aromatic rings. The Morgan fingerprint density at radius 1 is 0.444 bits per heavy atom. The van der Waals surface area contributed by atoms with E-state index >= 15 is 0 Å². The molecule has 0 bridgehead atoms. The summed E-state index contributed by atoms with van der Waals surface area (Å²) in [7, 11) is 0. The molecule has 0 radical (unpaired) electrons. The lowest BCUT2D eigenvalue weighted by molar-refractivity contribution is 0.332. The molecule has 1 aromatic heterocycles. The lowest BCUT2D eigenvalue weighted by Crippen LogP contribution is -2.59. The summed E-state index contributed by atoms with van der Waals surface area (Å²) in [6.45, 7) is 48.1. The van der Waals surface area contributed by atoms with Gasteiger partial charge in [0.15, 0.2) is 5.58 Å². The lowest BCUT2D eigenvalue weighted by atomic mass is 9.33. The van der Waals surface area contributed by atoms with Gasteiger partial charge >= 0.3 is 0 Å². The van der Waals surface area contributed by atoms with Gasteiger partial charge in [0.05, 0.1) is 5.69 Å². The summed E-state index contributed by atoms with van der Waals surface area (Å²) in [5, 5.41) is 2.24. The smallest absolute Gasteiger partial charge is 0.247 e. The maximum Gasteiger partial charge on any atom is 0.247 e. The zero-order valence-electron chi connectivity index (χ0n) is 58.0. The molecule has 0 saturated heterocycles. The summed E-state index contributed by atoms with van der Waals surface area (Å²) in [6.07, 6.45) is 4.55. The Hall–Kier alpha value is -7.56. The highest BCUT2D eigenvalue weighted by Gasteiger charge is 2.45. The second-order valence-electron chi connectivity index (χ2n) is 33.3. The van der Waals surface area contributed by atoms with E-state index in [1.807, 2.05) is 0 Å². The second-order valence-corrected chi connectivity index (χ2v) is 33.3. The van der Waals surface area contributed by atoms with Crippen molar-refractivity contribution in [1.82, 2.24) is 0 Å². The van der Waals surface area contributed by atoms with Gasteiger partial charge in [-0.15, -0.1) is 0 Å². The average molecular weight is 1190 g/mol. The fourth-order valence-corrected chi connectivity index (χ4v) is 15.9. The van der Waals surface area contributed by atoms with Gasteiger partial charge in [0, 0.05) is 45.1 Å². The molecule has 0 N–H and O–H groups in total. The van der Waals surface area contributed by atoms with Crippen LogP contribution in [-0.2, 0) is 37.9 Å². The number of furan rings is 1. The third-order valence-corrected chi connectivity index (χ3v) is 21.9. The first-order chi connectivity index (χ1) is 42.2. The Kier molecular flexibility index (Phi) is 14.5. The van der Waals surface area contributed by atoms with Gasteiger partial charge in [-0.25, -0.2) is 0 Å². The maximum atomic E-state index is 7.10. The van der Waals surface area contributed by atoms with Crippen LogP contribution in [0.15, 0.2) is 174 Å². The van der Waals surface area contributed by atoms with E-state index in [0.717, 1.165) is 64.7 Å². The molecule has 0 spiro atoms. The Labute approximate surface area is 540 Å². The van der Waals surface area contributed by atoms with Gasteiger partial charge in [0.25, 0.3) is 0 Å². The van der Waals surface area contributed by atoms with Crippen LogP contribution in [0.3, 0.4) is 0 Å². The summed E-state index contributed by atoms with van der Waals surface area (Å²) < 4.78 is 7.10. The number of benzene rings is 9. The van der Waals surface area contributed by atoms with Crippen LogP contribution in [0.1, 0.15) is 217 Å². The van der Waals surface area contributed by atoms with Crippen molar-refractivity contribution in [2.24, 2.45) is 0 Å². The van der Waals surface area contributed by atoms with Crippen molar-refractivity contribution >= 4 is 79.2 Å². The van der Waals surface area contributed by atoms with Crippen LogP contribution in [0.4, 0.5) is 34.1 Å². The summed E-state index contributed by atoms with van der Waals surface area (Å²) >= 11 is 0. The molecule has 3 aliphatic rings. The summed E-state index contributed by atoms with van der Waals surface area (Å²) in [5.41, 5.74) is 30.3. The highest BCUT2D eigenvalue weighted by atomic mass is 16.3. The third kappa shape index (κ3) is 10.4. The van der Waals surface area contributed by atoms with Gasteiger partial charge in [-0.2, -0.15) is 0 Å². The molecule has 1 unspecified atom stereocenters. The van der Waals surface area contributed by atoms with E-state index in [4.69, 9.17) is 4.42 Å². The Balaban J connectivity index is 1.16. The predicted molar refractivity (Wildman–Crippen MR) is 390 cm³/mol. The standard InChI is InChI=1S/C86H97BN2O/c1-53-45-57(80(4,5)6)35-40-73(53)89-75-48-59(82(10,11)12)34-39-71(75)87(72-52-70-69(85(17,18)43-44-86(70,19)20)51-65(72)55(3)62-37-33-58(81(7,8)9)47-66(62)56-27-22-21-23-28-56)78-54(2)46-61(50-76(78)89)88(60-36-38-67-68(49-60)84(15,16)42-41-83(67,13)14)74-31-26-30-64-63-29-24-25-32-77(63)90-79(64)74/h21-40,45-52,55H,41-44H2,1-20H3. The Morgan fingerprint density at radius 3 is 1.67 bits per heavy atom. The summed E-state index contributed by atoms with van der Waals surface area (Å²) in [4.78, 5) is 5.23. The van der Waals surface area contributed by atoms with Crippen LogP contribution in [0, 0.1) is 13.8 Å². The molecule has 2 heterocycles. The SMILES string of the molecule is Cc1cc(C(C)(C)C)ccc1N1c2cc(C(C)(C)C)ccc2B(c2cc3c(cc2C(C)c2ccc(C(C)(C)C)cc2-c2ccccc2)C(C)(C)CCC3(C)C)c2c(C)cc(N(c3ccc4c(c3)C(C)(C)CCC4(C)C)c3cccc4c3oc3ccccc34)cc21. The first-order valence-electron chi connectivity index (χ1n) is 33.7. The Morgan fingerprint density at radius 2 is 1.01 bits per heavy atom. The topological polar surface area (TPSA) is 19.6 Å². The zero-order valence-corrected chi connectivity index (χ0v) is 58.0. The van der Waals surface area contributed by atoms with Crippen LogP contribution in [0.25, 0.3) is 33.1 Å². The van der Waals surface area contributed by atoms with Crippen LogP contribution >= 0.6 is 0 Å². The summed E-state index contributed by atoms with van der Waals surface area (Å²) in [6, 6.07) is 66.7. The van der Waals surface area contributed by atoms with E-state index in [1.165, 1.54) is 106 Å². The van der Waals surface area contributed by atoms with Crippen LogP contribution in [-0.4, -0.2) is 6.71 Å². The van der Waals surface area contributed by atoms with Gasteiger partial charge < -0.3 is 14.2 Å². The van der Waals surface area contributed by atoms with Gasteiger partial charge in [0.1, 0.15) is 5.58 Å². The van der Waals surface area contributed by atoms with E-state index in [9.17, 15) is 0 Å². The molecule has 4 heteroatoms. The predicted octanol–water partition coefficient (Wildman–Crippen LogP) is 22.4. The van der Waals surface area contributed by atoms with Crippen molar-refractivity contribution in [3.05, 3.63) is 231 Å². The van der Waals surface area contributed by atoms with Crippen LogP contribution in [0.5, 0.6) is 0 Å². The van der Waals surface area contributed by atoms with Crippen molar-refractivity contribution in [3.63, 3.8) is 0 Å². The lowest BCUT2D eigenvalue weighted by Gasteiger charge is -2.45. The minimum atomic E-state index is -0.125. The van der Waals surface area contributed by atoms with Gasteiger partial charge in [-0.1, -0.05) is 257 Å². The van der Waals surface area contributed by atoms with Crippen molar-refractivity contribution in [2.45, 2.75) is 208 Å². The number of hydrogen-bond acceptors (Lipinski definition) is 3. The molecule has 460 valence electrons. The normalized spacial score (nSPS) is 17.0. The van der Waals surface area contributed by atoms with Crippen LogP contribution in [0.2, 0.25) is 0 Å². The molecule has 0 saturated carbocycles. The zero-order chi connectivity index (χ0) is 64.2. The molecule has 90 heavy (non-hydrogen) atoms. The first-order valence-corrected chi connectivity index (χ1v) is 33.7. The third-order valence-electron chi connectivity index (χ3n) is 21.9. The molecule has 13 rings (SSSR count). The van der Waals surface area contributed by atoms with Crippen molar-refractivity contribution in [2.75, 3.05) is 9.80 Å². The van der Waals surface area contributed by atoms with Gasteiger partial charge in [-0.05, 0) is 204 Å². The van der Waals surface area contributed by atoms with Gasteiger partial charge in [0.2, 0.25) is 6.71 Å². The molecule has 1 atom stereocenters. The number of nitrogens with zero attached hydrogens (tertiary/aromatic N) is 2. The number of para-hydroxylation sites is 2. The molecule has 0 amide bonds. The molecule has 1 aliphatic heterocycles. The number of anilines is 6.